The van der Waals surface area contributed by atoms with E-state index in [1.165, 1.54) is 13.8 Å². The summed E-state index contributed by atoms with van der Waals surface area (Å²) < 4.78 is 22.6. The Labute approximate surface area is 334 Å². The van der Waals surface area contributed by atoms with Gasteiger partial charge in [0.25, 0.3) is 11.8 Å². The zero-order chi connectivity index (χ0) is 40.8. The number of anilines is 2. The van der Waals surface area contributed by atoms with Crippen molar-refractivity contribution in [1.82, 2.24) is 0 Å². The van der Waals surface area contributed by atoms with Gasteiger partial charge >= 0.3 is 0 Å². The summed E-state index contributed by atoms with van der Waals surface area (Å²) in [6.07, 6.45) is 0. The summed E-state index contributed by atoms with van der Waals surface area (Å²) in [5.41, 5.74) is 2.37. The van der Waals surface area contributed by atoms with Crippen LogP contribution in [0.3, 0.4) is 0 Å². The van der Waals surface area contributed by atoms with E-state index in [1.54, 1.807) is 86.6 Å². The predicted octanol–water partition coefficient (Wildman–Crippen LogP) is 9.62. The number of halogens is 2. The Kier molecular flexibility index (Phi) is 15.9. The van der Waals surface area contributed by atoms with Crippen LogP contribution in [0.25, 0.3) is 11.1 Å². The average Bonchev–Trinajstić information content (AvgIpc) is 3.15. The Morgan fingerprint density at radius 3 is 1.43 bits per heavy atom. The Hall–Kier alpha value is -5.86. The van der Waals surface area contributed by atoms with Crippen LogP contribution in [-0.2, 0) is 19.2 Å². The van der Waals surface area contributed by atoms with Crippen molar-refractivity contribution in [2.45, 2.75) is 53.6 Å². The molecule has 0 aliphatic heterocycles. The van der Waals surface area contributed by atoms with E-state index in [0.717, 1.165) is 0 Å². The van der Waals surface area contributed by atoms with Crippen molar-refractivity contribution < 1.29 is 38.1 Å². The van der Waals surface area contributed by atoms with Crippen LogP contribution in [0.15, 0.2) is 93.3 Å². The normalized spacial score (nSPS) is 12.2. The van der Waals surface area contributed by atoms with Gasteiger partial charge in [0.15, 0.2) is 34.6 Å². The van der Waals surface area contributed by atoms with Gasteiger partial charge in [-0.3, -0.25) is 19.2 Å². The van der Waals surface area contributed by atoms with Crippen LogP contribution >= 0.6 is 23.2 Å². The number of carbonyl (C=O) groups is 4. The molecular weight excluding hydrogens is 763 g/mol. The molecule has 56 heavy (non-hydrogen) atoms. The lowest BCUT2D eigenvalue weighted by molar-refractivity contribution is -0.127. The monoisotopic (exact) mass is 804 g/mol. The molecule has 0 aliphatic rings. The topological polar surface area (TPSA) is 179 Å². The van der Waals surface area contributed by atoms with E-state index in [0.29, 0.717) is 77.6 Å². The standard InChI is InChI=1S/C40H42Cl2N6O8/c1-7-53-32-15-11-13-30(37(32)55-9-3)43-39(51)34(23(5)49)46-45-27-19-17-25(18-20-27)26-21-28(41)36(29(42)22-26)48-47-35(24(6)50)40(52)44-31-14-12-16-33(54-8-2)38(31)56-10-4/h11-22,34-35H,7-10H2,1-6H3,(H,43,51)(H,44,52). The van der Waals surface area contributed by atoms with Crippen molar-refractivity contribution in [3.05, 3.63) is 82.8 Å². The molecule has 0 aliphatic carbocycles. The molecular formula is C40H42Cl2N6O8. The lowest BCUT2D eigenvalue weighted by Gasteiger charge is -2.16. The number of nitrogens with zero attached hydrogens (tertiary/aromatic N) is 4. The number of nitrogens with one attached hydrogen (secondary N) is 2. The molecule has 0 bridgehead atoms. The second kappa shape index (κ2) is 20.7. The number of hydrogen-bond donors (Lipinski definition) is 2. The highest BCUT2D eigenvalue weighted by Crippen LogP contribution is 2.40. The zero-order valence-corrected chi connectivity index (χ0v) is 33.2. The number of benzene rings is 4. The molecule has 4 aromatic rings. The van der Waals surface area contributed by atoms with Crippen LogP contribution in [0.2, 0.25) is 10.0 Å². The largest absolute Gasteiger partial charge is 0.490 e. The third kappa shape index (κ3) is 11.1. The smallest absolute Gasteiger partial charge is 0.258 e. The number of amides is 2. The van der Waals surface area contributed by atoms with Gasteiger partial charge in [0.05, 0.1) is 53.5 Å². The summed E-state index contributed by atoms with van der Waals surface area (Å²) >= 11 is 13.1. The van der Waals surface area contributed by atoms with Gasteiger partial charge < -0.3 is 29.6 Å². The number of para-hydroxylation sites is 2. The van der Waals surface area contributed by atoms with Gasteiger partial charge in [-0.1, -0.05) is 47.5 Å². The zero-order valence-electron chi connectivity index (χ0n) is 31.7. The summed E-state index contributed by atoms with van der Waals surface area (Å²) in [6, 6.07) is 17.0. The summed E-state index contributed by atoms with van der Waals surface area (Å²) in [7, 11) is 0. The first kappa shape index (κ1) is 42.9. The Balaban J connectivity index is 1.49. The highest BCUT2D eigenvalue weighted by molar-refractivity contribution is 6.39. The molecule has 0 spiro atoms. The van der Waals surface area contributed by atoms with Crippen molar-refractivity contribution >= 4 is 69.3 Å². The van der Waals surface area contributed by atoms with E-state index in [1.807, 2.05) is 13.8 Å². The summed E-state index contributed by atoms with van der Waals surface area (Å²) in [4.78, 5) is 51.3. The van der Waals surface area contributed by atoms with E-state index in [9.17, 15) is 19.2 Å². The number of ketones is 2. The lowest BCUT2D eigenvalue weighted by atomic mass is 10.0. The molecule has 294 valence electrons. The Morgan fingerprint density at radius 2 is 1.02 bits per heavy atom. The third-order valence-corrected chi connectivity index (χ3v) is 8.27. The molecule has 2 amide bonds. The average molecular weight is 806 g/mol. The molecule has 4 rings (SSSR count). The van der Waals surface area contributed by atoms with Crippen molar-refractivity contribution in [2.75, 3.05) is 37.1 Å². The van der Waals surface area contributed by atoms with Crippen molar-refractivity contribution in [1.29, 1.82) is 0 Å². The maximum absolute atomic E-state index is 13.2. The number of ether oxygens (including phenoxy) is 4. The SMILES string of the molecule is CCOc1cccc(NC(=O)C(N=Nc2ccc(-c3cc(Cl)c(N=NC(C(C)=O)C(=O)Nc4cccc(OCC)c4OCC)c(Cl)c3)cc2)C(C)=O)c1OCC. The van der Waals surface area contributed by atoms with Gasteiger partial charge in [0, 0.05) is 0 Å². The summed E-state index contributed by atoms with van der Waals surface area (Å²) in [5, 5.41) is 21.9. The van der Waals surface area contributed by atoms with Gasteiger partial charge in [0.1, 0.15) is 5.69 Å². The molecule has 2 N–H and O–H groups in total. The Morgan fingerprint density at radius 1 is 0.589 bits per heavy atom. The molecule has 0 aromatic heterocycles. The van der Waals surface area contributed by atoms with Crippen LogP contribution in [0.5, 0.6) is 23.0 Å². The summed E-state index contributed by atoms with van der Waals surface area (Å²) in [5.74, 6) is -0.952. The first-order valence-corrected chi connectivity index (χ1v) is 18.5. The van der Waals surface area contributed by atoms with Crippen LogP contribution in [0.1, 0.15) is 41.5 Å². The maximum atomic E-state index is 13.2. The fourth-order valence-electron chi connectivity index (χ4n) is 5.18. The second-order valence-electron chi connectivity index (χ2n) is 11.8. The molecule has 0 saturated carbocycles. The molecule has 0 fully saturated rings. The van der Waals surface area contributed by atoms with Gasteiger partial charge in [-0.15, -0.1) is 0 Å². The molecule has 0 radical (unpaired) electrons. The van der Waals surface area contributed by atoms with Crippen molar-refractivity contribution in [2.24, 2.45) is 20.5 Å². The fraction of sp³-hybridized carbons (Fsp3) is 0.300. The quantitative estimate of drug-likeness (QED) is 0.0695. The molecule has 4 aromatic carbocycles. The van der Waals surface area contributed by atoms with Gasteiger partial charge in [-0.05, 0) is 101 Å². The van der Waals surface area contributed by atoms with Crippen LogP contribution in [0.4, 0.5) is 22.7 Å². The number of rotatable bonds is 19. The fourth-order valence-corrected chi connectivity index (χ4v) is 5.74. The minimum Gasteiger partial charge on any atom is -0.490 e. The van der Waals surface area contributed by atoms with E-state index in [2.05, 4.69) is 31.1 Å². The van der Waals surface area contributed by atoms with Gasteiger partial charge in [-0.2, -0.15) is 20.5 Å². The van der Waals surface area contributed by atoms with E-state index in [-0.39, 0.29) is 15.7 Å². The lowest BCUT2D eigenvalue weighted by Crippen LogP contribution is -2.32. The van der Waals surface area contributed by atoms with E-state index < -0.39 is 35.5 Å². The van der Waals surface area contributed by atoms with Crippen LogP contribution in [-0.4, -0.2) is 61.9 Å². The maximum Gasteiger partial charge on any atom is 0.258 e. The number of Topliss-reactive ketones (excluding diaryl/α,β-unsaturated/α-hetero) is 2. The Bertz CT molecular complexity index is 2090. The first-order valence-electron chi connectivity index (χ1n) is 17.7. The molecule has 2 unspecified atom stereocenters. The van der Waals surface area contributed by atoms with Crippen molar-refractivity contribution in [3.63, 3.8) is 0 Å². The molecule has 0 saturated heterocycles. The van der Waals surface area contributed by atoms with Crippen molar-refractivity contribution in [3.8, 4) is 34.1 Å². The second-order valence-corrected chi connectivity index (χ2v) is 12.6. The minimum absolute atomic E-state index is 0.0569. The van der Waals surface area contributed by atoms with Crippen LogP contribution in [0, 0.1) is 0 Å². The molecule has 14 nitrogen and oxygen atoms in total. The first-order chi connectivity index (χ1) is 26.9. The van der Waals surface area contributed by atoms with Gasteiger partial charge in [0.2, 0.25) is 12.1 Å². The number of carbonyl (C=O) groups excluding carboxylic acids is 4. The van der Waals surface area contributed by atoms with Gasteiger partial charge in [-0.25, -0.2) is 0 Å². The minimum atomic E-state index is -1.51. The predicted molar refractivity (Wildman–Crippen MR) is 215 cm³/mol. The number of hydrogen-bond acceptors (Lipinski definition) is 12. The van der Waals surface area contributed by atoms with Crippen LogP contribution < -0.4 is 29.6 Å². The molecule has 2 atom stereocenters. The number of azo groups is 2. The third-order valence-electron chi connectivity index (χ3n) is 7.70. The molecule has 16 heteroatoms. The molecule has 0 heterocycles. The van der Waals surface area contributed by atoms with E-state index >= 15 is 0 Å². The summed E-state index contributed by atoms with van der Waals surface area (Å²) in [6.45, 7) is 11.1. The highest BCUT2D eigenvalue weighted by Gasteiger charge is 2.27. The highest BCUT2D eigenvalue weighted by atomic mass is 35.5. The van der Waals surface area contributed by atoms with E-state index in [4.69, 9.17) is 42.1 Å².